The van der Waals surface area contributed by atoms with Gasteiger partial charge in [-0.15, -0.1) is 0 Å². The number of carbonyl (C=O) groups excluding carboxylic acids is 2. The predicted octanol–water partition coefficient (Wildman–Crippen LogP) is 12.9. The van der Waals surface area contributed by atoms with E-state index < -0.39 is 64.0 Å². The molecular formula is C47H86O11Si. The van der Waals surface area contributed by atoms with E-state index in [9.17, 15) is 9.59 Å². The zero-order valence-electron chi connectivity index (χ0n) is 39.5. The molecule has 1 rings (SSSR count). The smallest absolute Gasteiger partial charge is 0.470 e. The standard InChI is InChI=1S/C47H86O11Si/c1-11-16-18-20-22-24-25-27-29-31-39(56-45(48)53-34-14-4)32-37-51-43-42(50-36-30-28-26-23-21-19-17-12-2)41(58-46(49)54-35-15-5)40(57-44(43)52-33-13-3)38-55-59(9,10)47(6,7)8/h13-15,33,39-44H,4-5,11-12,16-32,34-38H2,1-3,6-10H3/b33-13+/t39-,40-,41-,42+,43-,44?/m1/s1/i36D/t36?,39-,40-,41-,42+,43-,44?. The largest absolute Gasteiger partial charge is 0.509 e. The number of unbranched alkanes of at least 4 members (excludes halogenated alkanes) is 14. The van der Waals surface area contributed by atoms with Crippen molar-refractivity contribution in [3.63, 3.8) is 0 Å². The molecule has 0 radical (unpaired) electrons. The molecule has 12 heteroatoms. The third-order valence-corrected chi connectivity index (χ3v) is 15.5. The van der Waals surface area contributed by atoms with E-state index in [0.29, 0.717) is 19.3 Å². The molecule has 1 saturated heterocycles. The van der Waals surface area contributed by atoms with Gasteiger partial charge in [-0.3, -0.25) is 0 Å². The molecule has 1 fully saturated rings. The van der Waals surface area contributed by atoms with Crippen LogP contribution in [0, 0.1) is 0 Å². The maximum absolute atomic E-state index is 13.2. The van der Waals surface area contributed by atoms with Gasteiger partial charge in [-0.2, -0.15) is 0 Å². The number of ether oxygens (including phenoxy) is 8. The van der Waals surface area contributed by atoms with Gasteiger partial charge in [-0.1, -0.05) is 162 Å². The molecule has 59 heavy (non-hydrogen) atoms. The fraction of sp³-hybridized carbons (Fsp3) is 0.830. The first-order valence-electron chi connectivity index (χ1n) is 23.5. The van der Waals surface area contributed by atoms with Gasteiger partial charge in [0.25, 0.3) is 0 Å². The van der Waals surface area contributed by atoms with Gasteiger partial charge in [0.05, 0.1) is 20.8 Å². The predicted molar refractivity (Wildman–Crippen MR) is 239 cm³/mol. The van der Waals surface area contributed by atoms with E-state index in [-0.39, 0.29) is 31.5 Å². The minimum Gasteiger partial charge on any atom is -0.470 e. The van der Waals surface area contributed by atoms with Crippen LogP contribution in [-0.2, 0) is 42.3 Å². The monoisotopic (exact) mass is 856 g/mol. The second-order valence-electron chi connectivity index (χ2n) is 17.2. The molecule has 1 aliphatic rings. The van der Waals surface area contributed by atoms with Crippen LogP contribution in [-0.4, -0.2) is 90.4 Å². The van der Waals surface area contributed by atoms with Crippen molar-refractivity contribution < 1.29 is 53.3 Å². The molecule has 11 nitrogen and oxygen atoms in total. The van der Waals surface area contributed by atoms with Crippen LogP contribution in [0.2, 0.25) is 18.1 Å². The van der Waals surface area contributed by atoms with Crippen molar-refractivity contribution in [2.75, 3.05) is 33.0 Å². The van der Waals surface area contributed by atoms with Crippen LogP contribution < -0.4 is 0 Å². The Kier molecular flexibility index (Phi) is 29.7. The Bertz CT molecular complexity index is 1160. The molecule has 1 heterocycles. The highest BCUT2D eigenvalue weighted by molar-refractivity contribution is 6.74. The van der Waals surface area contributed by atoms with Crippen LogP contribution in [0.1, 0.15) is 165 Å². The lowest BCUT2D eigenvalue weighted by molar-refractivity contribution is -0.305. The van der Waals surface area contributed by atoms with E-state index >= 15 is 0 Å². The summed E-state index contributed by atoms with van der Waals surface area (Å²) in [6.45, 7) is 23.5. The van der Waals surface area contributed by atoms with E-state index in [1.165, 1.54) is 82.6 Å². The Balaban J connectivity index is 3.39. The molecular weight excluding hydrogens is 769 g/mol. The minimum absolute atomic E-state index is 0.0482. The van der Waals surface area contributed by atoms with E-state index in [1.807, 2.05) is 6.92 Å². The van der Waals surface area contributed by atoms with Gasteiger partial charge in [0.2, 0.25) is 6.29 Å². The molecule has 7 atom stereocenters. The fourth-order valence-electron chi connectivity index (χ4n) is 6.47. The second-order valence-corrected chi connectivity index (χ2v) is 22.0. The SMILES string of the molecule is [2H]C(CCCCCCCCC)O[C@H]1[C@H](OC(=O)OCC=C)[C@@H](CO[Si](C)(C)C(C)(C)C)OC(O/C=C/C)[C@@H]1OCC[C@@H](CCCCCCCCCCC)OC(=O)OCC=C. The summed E-state index contributed by atoms with van der Waals surface area (Å²) in [7, 11) is -2.30. The quantitative estimate of drug-likeness (QED) is 0.0199. The molecule has 0 amide bonds. The Morgan fingerprint density at radius 2 is 1.29 bits per heavy atom. The zero-order chi connectivity index (χ0) is 44.7. The van der Waals surface area contributed by atoms with Gasteiger partial charge in [0.1, 0.15) is 37.6 Å². The first-order valence-corrected chi connectivity index (χ1v) is 25.8. The van der Waals surface area contributed by atoms with Gasteiger partial charge in [-0.05, 0) is 44.3 Å². The van der Waals surface area contributed by atoms with Crippen molar-refractivity contribution in [3.8, 4) is 0 Å². The van der Waals surface area contributed by atoms with Gasteiger partial charge < -0.3 is 42.3 Å². The lowest BCUT2D eigenvalue weighted by Gasteiger charge is -2.46. The highest BCUT2D eigenvalue weighted by Crippen LogP contribution is 2.38. The van der Waals surface area contributed by atoms with Crippen LogP contribution >= 0.6 is 0 Å². The molecule has 344 valence electrons. The molecule has 0 N–H and O–H groups in total. The molecule has 0 spiro atoms. The summed E-state index contributed by atoms with van der Waals surface area (Å²) in [5, 5.41) is -0.100. The number of carbonyl (C=O) groups is 2. The Morgan fingerprint density at radius 1 is 0.746 bits per heavy atom. The number of hydrogen-bond acceptors (Lipinski definition) is 11. The van der Waals surface area contributed by atoms with Gasteiger partial charge >= 0.3 is 12.3 Å². The first-order chi connectivity index (χ1) is 28.7. The second kappa shape index (κ2) is 33.3. The molecule has 0 aromatic heterocycles. The summed E-state index contributed by atoms with van der Waals surface area (Å²) in [4.78, 5) is 25.8. The Morgan fingerprint density at radius 3 is 1.83 bits per heavy atom. The average Bonchev–Trinajstić information content (AvgIpc) is 3.20. The summed E-state index contributed by atoms with van der Waals surface area (Å²) in [5.41, 5.74) is 0. The van der Waals surface area contributed by atoms with E-state index in [1.54, 1.807) is 6.08 Å². The molecule has 0 aromatic rings. The number of rotatable bonds is 35. The van der Waals surface area contributed by atoms with Crippen molar-refractivity contribution >= 4 is 20.6 Å². The van der Waals surface area contributed by atoms with Crippen LogP contribution in [0.4, 0.5) is 9.59 Å². The van der Waals surface area contributed by atoms with Crippen molar-refractivity contribution in [1.29, 1.82) is 0 Å². The van der Waals surface area contributed by atoms with Crippen LogP contribution in [0.5, 0.6) is 0 Å². The van der Waals surface area contributed by atoms with Crippen molar-refractivity contribution in [2.45, 2.75) is 218 Å². The van der Waals surface area contributed by atoms with Crippen molar-refractivity contribution in [2.24, 2.45) is 0 Å². The van der Waals surface area contributed by atoms with Crippen LogP contribution in [0.25, 0.3) is 0 Å². The van der Waals surface area contributed by atoms with Gasteiger partial charge in [0.15, 0.2) is 14.4 Å². The molecule has 2 unspecified atom stereocenters. The third kappa shape index (κ3) is 24.6. The lowest BCUT2D eigenvalue weighted by Crippen LogP contribution is -2.62. The molecule has 0 aliphatic carbocycles. The molecule has 0 saturated carbocycles. The topological polar surface area (TPSA) is 117 Å². The van der Waals surface area contributed by atoms with Crippen molar-refractivity contribution in [3.05, 3.63) is 37.6 Å². The van der Waals surface area contributed by atoms with E-state index in [2.05, 4.69) is 60.9 Å². The number of hydrogen-bond donors (Lipinski definition) is 0. The normalized spacial score (nSPS) is 21.0. The summed E-state index contributed by atoms with van der Waals surface area (Å²) in [5.74, 6) is 0. The number of allylic oxidation sites excluding steroid dienone is 1. The van der Waals surface area contributed by atoms with Gasteiger partial charge in [0, 0.05) is 13.0 Å². The van der Waals surface area contributed by atoms with Gasteiger partial charge in [-0.25, -0.2) is 9.59 Å². The Hall–Kier alpha value is -2.38. The summed E-state index contributed by atoms with van der Waals surface area (Å²) in [6, 6.07) is 0. The van der Waals surface area contributed by atoms with Crippen LogP contribution in [0.3, 0.4) is 0 Å². The highest BCUT2D eigenvalue weighted by atomic mass is 28.4. The Labute approximate surface area is 362 Å². The lowest BCUT2D eigenvalue weighted by atomic mass is 9.98. The van der Waals surface area contributed by atoms with Crippen LogP contribution in [0.15, 0.2) is 37.6 Å². The van der Waals surface area contributed by atoms with Crippen molar-refractivity contribution in [1.82, 2.24) is 0 Å². The summed E-state index contributed by atoms with van der Waals surface area (Å²) in [6.07, 6.45) is 18.9. The minimum atomic E-state index is -2.30. The first kappa shape index (κ1) is 52.8. The fourth-order valence-corrected chi connectivity index (χ4v) is 7.49. The third-order valence-electron chi connectivity index (χ3n) is 11.0. The zero-order valence-corrected chi connectivity index (χ0v) is 39.5. The maximum Gasteiger partial charge on any atom is 0.509 e. The van der Waals surface area contributed by atoms with E-state index in [0.717, 1.165) is 38.5 Å². The molecule has 0 bridgehead atoms. The maximum atomic E-state index is 13.2. The molecule has 1 aliphatic heterocycles. The highest BCUT2D eigenvalue weighted by Gasteiger charge is 2.52. The van der Waals surface area contributed by atoms with E-state index in [4.69, 9.17) is 43.7 Å². The average molecular weight is 856 g/mol. The summed E-state index contributed by atoms with van der Waals surface area (Å²) < 4.78 is 63.8. The molecule has 0 aromatic carbocycles. The summed E-state index contributed by atoms with van der Waals surface area (Å²) >= 11 is 0.